The highest BCUT2D eigenvalue weighted by Gasteiger charge is 2.07. The van der Waals surface area contributed by atoms with Gasteiger partial charge in [-0.25, -0.2) is 5.43 Å². The SMILES string of the molecule is COc1ccc(/C=N\NC(=O)COc2c(C)cccc2C)c(OC)c1. The van der Waals surface area contributed by atoms with Gasteiger partial charge in [-0.1, -0.05) is 18.2 Å². The van der Waals surface area contributed by atoms with Crippen LogP contribution < -0.4 is 19.6 Å². The summed E-state index contributed by atoms with van der Waals surface area (Å²) in [5.74, 6) is 1.66. The molecule has 0 aliphatic carbocycles. The Morgan fingerprint density at radius 1 is 1.12 bits per heavy atom. The number of nitrogens with zero attached hydrogens (tertiary/aromatic N) is 1. The van der Waals surface area contributed by atoms with Gasteiger partial charge < -0.3 is 14.2 Å². The van der Waals surface area contributed by atoms with Gasteiger partial charge in [-0.05, 0) is 37.1 Å². The van der Waals surface area contributed by atoms with Crippen LogP contribution in [0.3, 0.4) is 0 Å². The second-order valence-corrected chi connectivity index (χ2v) is 5.41. The number of methoxy groups -OCH3 is 2. The molecule has 0 saturated heterocycles. The van der Waals surface area contributed by atoms with Gasteiger partial charge in [0.15, 0.2) is 6.61 Å². The van der Waals surface area contributed by atoms with Gasteiger partial charge in [0.05, 0.1) is 20.4 Å². The zero-order chi connectivity index (χ0) is 18.2. The first-order valence-corrected chi connectivity index (χ1v) is 7.78. The highest BCUT2D eigenvalue weighted by atomic mass is 16.5. The Morgan fingerprint density at radius 3 is 2.48 bits per heavy atom. The van der Waals surface area contributed by atoms with Crippen LogP contribution in [0.15, 0.2) is 41.5 Å². The summed E-state index contributed by atoms with van der Waals surface area (Å²) in [6.45, 7) is 3.77. The van der Waals surface area contributed by atoms with E-state index in [0.717, 1.165) is 22.4 Å². The Kier molecular flexibility index (Phi) is 6.39. The molecule has 0 aliphatic rings. The van der Waals surface area contributed by atoms with Gasteiger partial charge in [0, 0.05) is 11.6 Å². The predicted octanol–water partition coefficient (Wildman–Crippen LogP) is 2.85. The smallest absolute Gasteiger partial charge is 0.277 e. The molecular formula is C19H22N2O4. The van der Waals surface area contributed by atoms with Crippen LogP contribution >= 0.6 is 0 Å². The van der Waals surface area contributed by atoms with E-state index in [1.165, 1.54) is 6.21 Å². The van der Waals surface area contributed by atoms with Crippen LogP contribution in [-0.4, -0.2) is 32.9 Å². The summed E-state index contributed by atoms with van der Waals surface area (Å²) in [6, 6.07) is 11.1. The Balaban J connectivity index is 1.93. The maximum Gasteiger partial charge on any atom is 0.277 e. The van der Waals surface area contributed by atoms with E-state index in [4.69, 9.17) is 14.2 Å². The van der Waals surface area contributed by atoms with Gasteiger partial charge >= 0.3 is 0 Å². The molecule has 1 amide bonds. The van der Waals surface area contributed by atoms with Crippen LogP contribution in [0.2, 0.25) is 0 Å². The highest BCUT2D eigenvalue weighted by Crippen LogP contribution is 2.23. The number of hydrazone groups is 1. The Bertz CT molecular complexity index is 752. The molecule has 6 nitrogen and oxygen atoms in total. The van der Waals surface area contributed by atoms with Gasteiger partial charge in [-0.15, -0.1) is 0 Å². The number of hydrogen-bond acceptors (Lipinski definition) is 5. The van der Waals surface area contributed by atoms with Gasteiger partial charge in [0.1, 0.15) is 17.2 Å². The molecule has 2 rings (SSSR count). The molecule has 0 aliphatic heterocycles. The van der Waals surface area contributed by atoms with Gasteiger partial charge in [-0.2, -0.15) is 5.10 Å². The molecule has 0 aromatic heterocycles. The fourth-order valence-corrected chi connectivity index (χ4v) is 2.30. The number of aryl methyl sites for hydroxylation is 2. The number of rotatable bonds is 7. The monoisotopic (exact) mass is 342 g/mol. The molecule has 1 N–H and O–H groups in total. The Labute approximate surface area is 147 Å². The molecular weight excluding hydrogens is 320 g/mol. The minimum absolute atomic E-state index is 0.108. The maximum atomic E-state index is 11.9. The summed E-state index contributed by atoms with van der Waals surface area (Å²) in [7, 11) is 3.14. The number of nitrogens with one attached hydrogen (secondary N) is 1. The maximum absolute atomic E-state index is 11.9. The molecule has 0 fully saturated rings. The fraction of sp³-hybridized carbons (Fsp3) is 0.263. The van der Waals surface area contributed by atoms with E-state index in [1.807, 2.05) is 32.0 Å². The second kappa shape index (κ2) is 8.73. The van der Waals surface area contributed by atoms with Crippen molar-refractivity contribution in [1.82, 2.24) is 5.43 Å². The zero-order valence-electron chi connectivity index (χ0n) is 14.8. The number of benzene rings is 2. The first kappa shape index (κ1) is 18.3. The van der Waals surface area contributed by atoms with Gasteiger partial charge in [-0.3, -0.25) is 4.79 Å². The molecule has 2 aromatic carbocycles. The summed E-state index contributed by atoms with van der Waals surface area (Å²) in [6.07, 6.45) is 1.51. The van der Waals surface area contributed by atoms with E-state index >= 15 is 0 Å². The van der Waals surface area contributed by atoms with Crippen LogP contribution in [0, 0.1) is 13.8 Å². The molecule has 0 atom stereocenters. The number of hydrogen-bond donors (Lipinski definition) is 1. The van der Waals surface area contributed by atoms with E-state index in [1.54, 1.807) is 32.4 Å². The van der Waals surface area contributed by atoms with E-state index in [2.05, 4.69) is 10.5 Å². The Hall–Kier alpha value is -3.02. The lowest BCUT2D eigenvalue weighted by molar-refractivity contribution is -0.123. The van der Waals surface area contributed by atoms with Gasteiger partial charge in [0.25, 0.3) is 5.91 Å². The lowest BCUT2D eigenvalue weighted by atomic mass is 10.1. The largest absolute Gasteiger partial charge is 0.497 e. The van der Waals surface area contributed by atoms with Crippen molar-refractivity contribution in [2.75, 3.05) is 20.8 Å². The lowest BCUT2D eigenvalue weighted by Crippen LogP contribution is -2.25. The number of carbonyl (C=O) groups is 1. The van der Waals surface area contributed by atoms with Crippen molar-refractivity contribution in [1.29, 1.82) is 0 Å². The minimum Gasteiger partial charge on any atom is -0.497 e. The summed E-state index contributed by atoms with van der Waals surface area (Å²) in [4.78, 5) is 11.9. The van der Waals surface area contributed by atoms with Crippen LogP contribution in [0.5, 0.6) is 17.2 Å². The topological polar surface area (TPSA) is 69.2 Å². The number of ether oxygens (including phenoxy) is 3. The van der Waals surface area contributed by atoms with E-state index in [9.17, 15) is 4.79 Å². The molecule has 0 spiro atoms. The zero-order valence-corrected chi connectivity index (χ0v) is 14.8. The molecule has 0 heterocycles. The lowest BCUT2D eigenvalue weighted by Gasteiger charge is -2.10. The standard InChI is InChI=1S/C19H22N2O4/c1-13-6-5-7-14(2)19(13)25-12-18(22)21-20-11-15-8-9-16(23-3)10-17(15)24-4/h5-11H,12H2,1-4H3,(H,21,22)/b20-11-. The van der Waals surface area contributed by atoms with Crippen molar-refractivity contribution in [2.24, 2.45) is 5.10 Å². The molecule has 132 valence electrons. The number of amides is 1. The molecule has 25 heavy (non-hydrogen) atoms. The van der Waals surface area contributed by atoms with Crippen molar-refractivity contribution < 1.29 is 19.0 Å². The van der Waals surface area contributed by atoms with Crippen LogP contribution in [0.25, 0.3) is 0 Å². The van der Waals surface area contributed by atoms with Crippen LogP contribution in [0.4, 0.5) is 0 Å². The molecule has 0 bridgehead atoms. The molecule has 0 unspecified atom stereocenters. The summed E-state index contributed by atoms with van der Waals surface area (Å²) >= 11 is 0. The van der Waals surface area contributed by atoms with Gasteiger partial charge in [0.2, 0.25) is 0 Å². The van der Waals surface area contributed by atoms with Crippen molar-refractivity contribution in [2.45, 2.75) is 13.8 Å². The van der Waals surface area contributed by atoms with Crippen LogP contribution in [0.1, 0.15) is 16.7 Å². The van der Waals surface area contributed by atoms with E-state index < -0.39 is 0 Å². The highest BCUT2D eigenvalue weighted by molar-refractivity contribution is 5.85. The average molecular weight is 342 g/mol. The second-order valence-electron chi connectivity index (χ2n) is 5.41. The average Bonchev–Trinajstić information content (AvgIpc) is 2.61. The third-order valence-electron chi connectivity index (χ3n) is 3.59. The number of carbonyl (C=O) groups excluding carboxylic acids is 1. The van der Waals surface area contributed by atoms with Crippen LogP contribution in [-0.2, 0) is 4.79 Å². The van der Waals surface area contributed by atoms with E-state index in [-0.39, 0.29) is 12.5 Å². The molecule has 6 heteroatoms. The normalized spacial score (nSPS) is 10.6. The fourth-order valence-electron chi connectivity index (χ4n) is 2.30. The molecule has 0 radical (unpaired) electrons. The summed E-state index contributed by atoms with van der Waals surface area (Å²) < 4.78 is 16.0. The third-order valence-corrected chi connectivity index (χ3v) is 3.59. The number of para-hydroxylation sites is 1. The summed E-state index contributed by atoms with van der Waals surface area (Å²) in [5, 5.41) is 3.94. The quantitative estimate of drug-likeness (QED) is 0.620. The van der Waals surface area contributed by atoms with Crippen molar-refractivity contribution in [3.63, 3.8) is 0 Å². The van der Waals surface area contributed by atoms with Crippen molar-refractivity contribution >= 4 is 12.1 Å². The Morgan fingerprint density at radius 2 is 1.84 bits per heavy atom. The molecule has 2 aromatic rings. The molecule has 0 saturated carbocycles. The summed E-state index contributed by atoms with van der Waals surface area (Å²) in [5.41, 5.74) is 5.13. The van der Waals surface area contributed by atoms with Crippen molar-refractivity contribution in [3.8, 4) is 17.2 Å². The minimum atomic E-state index is -0.341. The first-order valence-electron chi connectivity index (χ1n) is 7.78. The van der Waals surface area contributed by atoms with Crippen molar-refractivity contribution in [3.05, 3.63) is 53.1 Å². The third kappa shape index (κ3) is 4.97. The predicted molar refractivity (Wildman–Crippen MR) is 96.7 cm³/mol. The van der Waals surface area contributed by atoms with E-state index in [0.29, 0.717) is 11.5 Å². The first-order chi connectivity index (χ1) is 12.0.